The number of carbonyl (C=O) groups excluding carboxylic acids is 1. The van der Waals surface area contributed by atoms with Gasteiger partial charge in [-0.15, -0.1) is 0 Å². The van der Waals surface area contributed by atoms with Crippen molar-refractivity contribution < 1.29 is 9.53 Å². The van der Waals surface area contributed by atoms with E-state index >= 15 is 0 Å². The third kappa shape index (κ3) is 4.94. The van der Waals surface area contributed by atoms with Crippen LogP contribution in [-0.4, -0.2) is 30.1 Å². The minimum Gasteiger partial charge on any atom is -0.491 e. The molecule has 5 nitrogen and oxygen atoms in total. The first-order valence-corrected chi connectivity index (χ1v) is 8.23. The van der Waals surface area contributed by atoms with E-state index in [1.807, 2.05) is 26.0 Å². The van der Waals surface area contributed by atoms with Gasteiger partial charge >= 0.3 is 0 Å². The number of pyridine rings is 1. The number of ether oxygens (including phenoxy) is 1. The van der Waals surface area contributed by atoms with Crippen LogP contribution in [0.1, 0.15) is 28.5 Å². The second-order valence-electron chi connectivity index (χ2n) is 5.62. The second kappa shape index (κ2) is 8.66. The number of halogens is 1. The largest absolute Gasteiger partial charge is 0.491 e. The number of nitrogens with one attached hydrogen (secondary N) is 1. The fourth-order valence-electron chi connectivity index (χ4n) is 2.35. The average Bonchev–Trinajstić information content (AvgIpc) is 2.55. The number of aryl methyl sites for hydroxylation is 1. The molecule has 0 fully saturated rings. The molecule has 0 spiro atoms. The van der Waals surface area contributed by atoms with Crippen LogP contribution in [0.5, 0.6) is 5.75 Å². The van der Waals surface area contributed by atoms with Gasteiger partial charge in [-0.25, -0.2) is 0 Å². The molecule has 0 aliphatic carbocycles. The molecule has 0 saturated carbocycles. The number of hydrogen-bond donors (Lipinski definition) is 2. The van der Waals surface area contributed by atoms with Crippen LogP contribution in [0.25, 0.3) is 0 Å². The maximum absolute atomic E-state index is 12.6. The number of hydrogen-bond acceptors (Lipinski definition) is 4. The summed E-state index contributed by atoms with van der Waals surface area (Å²) in [6, 6.07) is 8.79. The molecule has 1 heterocycles. The van der Waals surface area contributed by atoms with Gasteiger partial charge < -0.3 is 15.8 Å². The average molecular weight is 348 g/mol. The minimum atomic E-state index is -0.231. The van der Waals surface area contributed by atoms with Gasteiger partial charge in [0.15, 0.2) is 0 Å². The zero-order valence-electron chi connectivity index (χ0n) is 13.9. The standard InChI is InChI=1S/C18H22ClN3O2/c1-12-4-3-8-21-16(12)10-13(2)22-18(23)15-11-14(19)5-6-17(15)24-9-7-20/h3-6,8,11,13H,7,9-10,20H2,1-2H3,(H,22,23)/t13-/m1/s1. The number of carbonyl (C=O) groups is 1. The number of aromatic nitrogens is 1. The number of nitrogens with zero attached hydrogens (tertiary/aromatic N) is 1. The zero-order valence-corrected chi connectivity index (χ0v) is 14.6. The first-order chi connectivity index (χ1) is 11.5. The lowest BCUT2D eigenvalue weighted by molar-refractivity contribution is 0.0936. The molecular weight excluding hydrogens is 326 g/mol. The highest BCUT2D eigenvalue weighted by molar-refractivity contribution is 6.31. The molecule has 1 amide bonds. The van der Waals surface area contributed by atoms with E-state index in [2.05, 4.69) is 10.3 Å². The fourth-order valence-corrected chi connectivity index (χ4v) is 2.52. The van der Waals surface area contributed by atoms with Crippen molar-refractivity contribution in [1.29, 1.82) is 0 Å². The number of benzene rings is 1. The number of nitrogens with two attached hydrogens (primary N) is 1. The monoisotopic (exact) mass is 347 g/mol. The van der Waals surface area contributed by atoms with Crippen molar-refractivity contribution in [3.8, 4) is 5.75 Å². The summed E-state index contributed by atoms with van der Waals surface area (Å²) in [6.07, 6.45) is 2.41. The highest BCUT2D eigenvalue weighted by atomic mass is 35.5. The van der Waals surface area contributed by atoms with E-state index in [0.29, 0.717) is 35.9 Å². The normalized spacial score (nSPS) is 11.8. The van der Waals surface area contributed by atoms with Crippen molar-refractivity contribution in [3.05, 3.63) is 58.4 Å². The second-order valence-corrected chi connectivity index (χ2v) is 6.06. The van der Waals surface area contributed by atoms with Crippen LogP contribution in [0.3, 0.4) is 0 Å². The predicted octanol–water partition coefficient (Wildman–Crippen LogP) is 2.74. The molecule has 0 aliphatic rings. The molecule has 0 unspecified atom stereocenters. The van der Waals surface area contributed by atoms with E-state index in [1.54, 1.807) is 24.4 Å². The van der Waals surface area contributed by atoms with Crippen LogP contribution >= 0.6 is 11.6 Å². The Morgan fingerprint density at radius 3 is 2.92 bits per heavy atom. The summed E-state index contributed by atoms with van der Waals surface area (Å²) < 4.78 is 5.52. The van der Waals surface area contributed by atoms with Crippen molar-refractivity contribution in [3.63, 3.8) is 0 Å². The lowest BCUT2D eigenvalue weighted by Crippen LogP contribution is -2.34. The summed E-state index contributed by atoms with van der Waals surface area (Å²) in [7, 11) is 0. The third-order valence-electron chi connectivity index (χ3n) is 3.56. The molecule has 0 saturated heterocycles. The zero-order chi connectivity index (χ0) is 17.5. The highest BCUT2D eigenvalue weighted by Crippen LogP contribution is 2.23. The van der Waals surface area contributed by atoms with Crippen molar-refractivity contribution in [2.24, 2.45) is 5.73 Å². The Morgan fingerprint density at radius 2 is 2.21 bits per heavy atom. The Balaban J connectivity index is 2.08. The van der Waals surface area contributed by atoms with Gasteiger partial charge in [-0.3, -0.25) is 9.78 Å². The smallest absolute Gasteiger partial charge is 0.255 e. The van der Waals surface area contributed by atoms with Crippen molar-refractivity contribution in [2.45, 2.75) is 26.3 Å². The van der Waals surface area contributed by atoms with Crippen LogP contribution in [0.2, 0.25) is 5.02 Å². The summed E-state index contributed by atoms with van der Waals surface area (Å²) in [6.45, 7) is 4.66. The Morgan fingerprint density at radius 1 is 1.42 bits per heavy atom. The van der Waals surface area contributed by atoms with Gasteiger partial charge in [-0.1, -0.05) is 17.7 Å². The Kier molecular flexibility index (Phi) is 6.58. The number of amides is 1. The molecule has 3 N–H and O–H groups in total. The molecule has 1 aromatic carbocycles. The van der Waals surface area contributed by atoms with Crippen LogP contribution in [0.15, 0.2) is 36.5 Å². The van der Waals surface area contributed by atoms with Crippen LogP contribution < -0.4 is 15.8 Å². The van der Waals surface area contributed by atoms with E-state index in [0.717, 1.165) is 11.3 Å². The summed E-state index contributed by atoms with van der Waals surface area (Å²) >= 11 is 6.01. The third-order valence-corrected chi connectivity index (χ3v) is 3.79. The van der Waals surface area contributed by atoms with E-state index in [4.69, 9.17) is 22.1 Å². The molecule has 2 aromatic rings. The molecule has 0 aliphatic heterocycles. The Bertz CT molecular complexity index is 706. The summed E-state index contributed by atoms with van der Waals surface area (Å²) in [5.74, 6) is 0.245. The lowest BCUT2D eigenvalue weighted by atomic mass is 10.1. The SMILES string of the molecule is Cc1cccnc1C[C@@H](C)NC(=O)c1cc(Cl)ccc1OCCN. The van der Waals surface area contributed by atoms with E-state index in [9.17, 15) is 4.79 Å². The Labute approximate surface area is 147 Å². The molecule has 128 valence electrons. The van der Waals surface area contributed by atoms with Crippen LogP contribution in [0.4, 0.5) is 0 Å². The van der Waals surface area contributed by atoms with E-state index in [-0.39, 0.29) is 11.9 Å². The van der Waals surface area contributed by atoms with Gasteiger partial charge in [0.1, 0.15) is 12.4 Å². The van der Waals surface area contributed by atoms with Crippen LogP contribution in [0, 0.1) is 6.92 Å². The predicted molar refractivity (Wildman–Crippen MR) is 95.6 cm³/mol. The topological polar surface area (TPSA) is 77.2 Å². The molecule has 24 heavy (non-hydrogen) atoms. The van der Waals surface area contributed by atoms with Crippen molar-refractivity contribution >= 4 is 17.5 Å². The molecule has 6 heteroatoms. The summed E-state index contributed by atoms with van der Waals surface area (Å²) in [5, 5.41) is 3.45. The minimum absolute atomic E-state index is 0.0764. The fraction of sp³-hybridized carbons (Fsp3) is 0.333. The van der Waals surface area contributed by atoms with E-state index < -0.39 is 0 Å². The highest BCUT2D eigenvalue weighted by Gasteiger charge is 2.16. The lowest BCUT2D eigenvalue weighted by Gasteiger charge is -2.16. The number of rotatable bonds is 7. The van der Waals surface area contributed by atoms with Gasteiger partial charge in [-0.05, 0) is 43.7 Å². The molecule has 0 radical (unpaired) electrons. The quantitative estimate of drug-likeness (QED) is 0.807. The molecule has 2 rings (SSSR count). The van der Waals surface area contributed by atoms with Gasteiger partial charge in [0, 0.05) is 35.9 Å². The molecule has 1 atom stereocenters. The molecule has 1 aromatic heterocycles. The van der Waals surface area contributed by atoms with Crippen molar-refractivity contribution in [2.75, 3.05) is 13.2 Å². The van der Waals surface area contributed by atoms with Gasteiger partial charge in [0.05, 0.1) is 5.56 Å². The van der Waals surface area contributed by atoms with Crippen LogP contribution in [-0.2, 0) is 6.42 Å². The van der Waals surface area contributed by atoms with Gasteiger partial charge in [0.25, 0.3) is 5.91 Å². The maximum Gasteiger partial charge on any atom is 0.255 e. The maximum atomic E-state index is 12.6. The van der Waals surface area contributed by atoms with Gasteiger partial charge in [0.2, 0.25) is 0 Å². The molecular formula is C18H22ClN3O2. The van der Waals surface area contributed by atoms with Crippen molar-refractivity contribution in [1.82, 2.24) is 10.3 Å². The van der Waals surface area contributed by atoms with E-state index in [1.165, 1.54) is 0 Å². The molecule has 0 bridgehead atoms. The first-order valence-electron chi connectivity index (χ1n) is 7.85. The Hall–Kier alpha value is -2.11. The summed E-state index contributed by atoms with van der Waals surface area (Å²) in [4.78, 5) is 16.9. The summed E-state index contributed by atoms with van der Waals surface area (Å²) in [5.41, 5.74) is 7.93. The van der Waals surface area contributed by atoms with Gasteiger partial charge in [-0.2, -0.15) is 0 Å². The first kappa shape index (κ1) is 18.2.